The quantitative estimate of drug-likeness (QED) is 0.0926. The molecule has 0 saturated carbocycles. The van der Waals surface area contributed by atoms with E-state index in [0.717, 1.165) is 22.4 Å². The number of hydrogen-bond donors (Lipinski definition) is 0. The first-order valence-corrected chi connectivity index (χ1v) is 18.0. The molecule has 1 aromatic heterocycles. The molecule has 10 heteroatoms. The van der Waals surface area contributed by atoms with Crippen LogP contribution in [0.15, 0.2) is 121 Å². The summed E-state index contributed by atoms with van der Waals surface area (Å²) in [5, 5.41) is 0.319. The molecule has 0 saturated heterocycles. The molecule has 0 unspecified atom stereocenters. The van der Waals surface area contributed by atoms with Gasteiger partial charge in [0.2, 0.25) is 0 Å². The number of rotatable bonds is 12. The lowest BCUT2D eigenvalue weighted by Crippen LogP contribution is -2.27. The molecular weight excluding hydrogens is 697 g/mol. The van der Waals surface area contributed by atoms with E-state index >= 15 is 0 Å². The molecule has 1 aliphatic rings. The van der Waals surface area contributed by atoms with Crippen LogP contribution in [0, 0.1) is 0 Å². The lowest BCUT2D eigenvalue weighted by Gasteiger charge is -2.24. The van der Waals surface area contributed by atoms with E-state index < -0.39 is 35.0 Å². The minimum atomic E-state index is -1.00. The molecule has 5 aromatic carbocycles. The van der Waals surface area contributed by atoms with Crippen LogP contribution in [0.4, 0.5) is 0 Å². The number of esters is 4. The highest BCUT2D eigenvalue weighted by molar-refractivity contribution is 6.24. The Labute approximate surface area is 318 Å². The minimum Gasteiger partial charge on any atom is -0.457 e. The first-order chi connectivity index (χ1) is 26.8. The number of nitrogens with zero attached hydrogens (tertiary/aromatic N) is 2. The Morgan fingerprint density at radius 3 is 1.24 bits per heavy atom. The number of benzene rings is 5. The number of ether oxygens (including phenoxy) is 4. The molecule has 1 aliphatic heterocycles. The minimum absolute atomic E-state index is 0.108. The van der Waals surface area contributed by atoms with Crippen LogP contribution in [0.2, 0.25) is 0 Å². The largest absolute Gasteiger partial charge is 0.457 e. The van der Waals surface area contributed by atoms with Crippen molar-refractivity contribution in [2.24, 2.45) is 7.05 Å². The highest BCUT2D eigenvalue weighted by atomic mass is 16.5. The third kappa shape index (κ3) is 8.05. The van der Waals surface area contributed by atoms with Gasteiger partial charge in [-0.05, 0) is 34.9 Å². The summed E-state index contributed by atoms with van der Waals surface area (Å²) < 4.78 is 25.4. The fourth-order valence-electron chi connectivity index (χ4n) is 6.97. The van der Waals surface area contributed by atoms with Crippen LogP contribution in [-0.4, -0.2) is 46.9 Å². The molecule has 0 radical (unpaired) electrons. The van der Waals surface area contributed by atoms with Gasteiger partial charge < -0.3 is 28.4 Å². The highest BCUT2D eigenvalue weighted by Gasteiger charge is 2.40. The van der Waals surface area contributed by atoms with Crippen molar-refractivity contribution >= 4 is 34.8 Å². The Morgan fingerprint density at radius 2 is 0.836 bits per heavy atom. The highest BCUT2D eigenvalue weighted by Crippen LogP contribution is 2.40. The van der Waals surface area contributed by atoms with Crippen LogP contribution in [0.5, 0.6) is 0 Å². The fourth-order valence-corrected chi connectivity index (χ4v) is 6.97. The molecule has 10 nitrogen and oxygen atoms in total. The zero-order chi connectivity index (χ0) is 38.3. The third-order valence-electron chi connectivity index (χ3n) is 9.69. The normalized spacial score (nSPS) is 12.5. The average Bonchev–Trinajstić information content (AvgIpc) is 3.51. The molecular formula is C45H40N2O8. The summed E-state index contributed by atoms with van der Waals surface area (Å²) in [5.74, 6) is -3.72. The maximum absolute atomic E-state index is 14.6. The van der Waals surface area contributed by atoms with Crippen LogP contribution < -0.4 is 0 Å². The van der Waals surface area contributed by atoms with Crippen molar-refractivity contribution in [3.05, 3.63) is 177 Å². The number of likely N-dealkylation sites (N-methyl/N-ethyl adjacent to an activating group) is 1. The van der Waals surface area contributed by atoms with Gasteiger partial charge in [0.25, 0.3) is 0 Å². The second kappa shape index (κ2) is 16.7. The van der Waals surface area contributed by atoms with Crippen molar-refractivity contribution < 1.29 is 38.1 Å². The van der Waals surface area contributed by atoms with Crippen molar-refractivity contribution in [3.63, 3.8) is 0 Å². The van der Waals surface area contributed by atoms with Gasteiger partial charge in [-0.25, -0.2) is 19.2 Å². The molecule has 0 bridgehead atoms. The monoisotopic (exact) mass is 736 g/mol. The Balaban J connectivity index is 1.47. The average molecular weight is 737 g/mol. The molecule has 55 heavy (non-hydrogen) atoms. The van der Waals surface area contributed by atoms with E-state index in [4.69, 9.17) is 18.9 Å². The molecule has 0 fully saturated rings. The Morgan fingerprint density at radius 1 is 0.491 bits per heavy atom. The maximum atomic E-state index is 14.6. The van der Waals surface area contributed by atoms with Crippen LogP contribution in [0.3, 0.4) is 0 Å². The molecule has 0 spiro atoms. The summed E-state index contributed by atoms with van der Waals surface area (Å²) in [5.41, 5.74) is 3.41. The zero-order valence-corrected chi connectivity index (χ0v) is 30.7. The summed E-state index contributed by atoms with van der Waals surface area (Å²) in [7, 11) is 3.74. The topological polar surface area (TPSA) is 113 Å². The van der Waals surface area contributed by atoms with Crippen LogP contribution in [0.1, 0.15) is 74.9 Å². The maximum Gasteiger partial charge on any atom is 0.341 e. The summed E-state index contributed by atoms with van der Waals surface area (Å²) in [4.78, 5) is 60.6. The number of carbonyl (C=O) groups excluding carboxylic acids is 4. The Kier molecular flexibility index (Phi) is 11.1. The van der Waals surface area contributed by atoms with Crippen LogP contribution >= 0.6 is 0 Å². The van der Waals surface area contributed by atoms with Gasteiger partial charge in [-0.1, -0.05) is 121 Å². The molecule has 7 rings (SSSR count). The van der Waals surface area contributed by atoms with Crippen molar-refractivity contribution in [2.45, 2.75) is 39.4 Å². The molecule has 0 amide bonds. The zero-order valence-electron chi connectivity index (χ0n) is 30.7. The molecule has 0 atom stereocenters. The number of hydrogen-bond acceptors (Lipinski definition) is 9. The van der Waals surface area contributed by atoms with E-state index in [1.807, 2.05) is 96.5 Å². The van der Waals surface area contributed by atoms with Gasteiger partial charge in [-0.15, -0.1) is 0 Å². The molecule has 278 valence electrons. The van der Waals surface area contributed by atoms with Crippen molar-refractivity contribution in [3.8, 4) is 0 Å². The summed E-state index contributed by atoms with van der Waals surface area (Å²) in [6.07, 6.45) is 0.579. The van der Waals surface area contributed by atoms with Gasteiger partial charge >= 0.3 is 23.9 Å². The smallest absolute Gasteiger partial charge is 0.341 e. The standard InChI is InChI=1S/C45H40N2O8/c1-46-24-23-35-34(25-46)36-37(42(48)52-26-30-15-7-3-8-16-30)38(43(49)53-27-31-17-9-4-10-18-31)39(44(50)54-28-32-19-11-5-12-20-32)40(41(36)47(35)2)45(51)55-29-33-21-13-6-14-22-33/h3-22H,23-29H2,1-2H3. The summed E-state index contributed by atoms with van der Waals surface area (Å²) in [6.45, 7) is 0.552. The van der Waals surface area contributed by atoms with Gasteiger partial charge in [0.05, 0.1) is 27.8 Å². The van der Waals surface area contributed by atoms with Crippen molar-refractivity contribution in [2.75, 3.05) is 13.6 Å². The lowest BCUT2D eigenvalue weighted by atomic mass is 9.89. The summed E-state index contributed by atoms with van der Waals surface area (Å²) >= 11 is 0. The molecule has 6 aromatic rings. The molecule has 0 N–H and O–H groups in total. The van der Waals surface area contributed by atoms with E-state index in [2.05, 4.69) is 4.90 Å². The number of aryl methyl sites for hydroxylation is 1. The third-order valence-corrected chi connectivity index (χ3v) is 9.69. The predicted molar refractivity (Wildman–Crippen MR) is 205 cm³/mol. The second-order valence-electron chi connectivity index (χ2n) is 13.4. The SMILES string of the molecule is CN1CCc2c(c3c(C(=O)OCc4ccccc4)c(C(=O)OCc4ccccc4)c(C(=O)OCc4ccccc4)c(C(=O)OCc4ccccc4)c3n2C)C1. The fraction of sp³-hybridized carbons (Fsp3) is 0.200. The van der Waals surface area contributed by atoms with Gasteiger partial charge in [0.15, 0.2) is 0 Å². The first kappa shape index (κ1) is 36.8. The second-order valence-corrected chi connectivity index (χ2v) is 13.4. The van der Waals surface area contributed by atoms with E-state index in [1.54, 1.807) is 43.4 Å². The van der Waals surface area contributed by atoms with E-state index in [-0.39, 0.29) is 43.1 Å². The number of fused-ring (bicyclic) bond motifs is 3. The number of aromatic nitrogens is 1. The predicted octanol–water partition coefficient (Wildman–Crippen LogP) is 7.59. The van der Waals surface area contributed by atoms with E-state index in [0.29, 0.717) is 36.0 Å². The van der Waals surface area contributed by atoms with E-state index in [1.165, 1.54) is 0 Å². The van der Waals surface area contributed by atoms with Gasteiger partial charge in [0.1, 0.15) is 26.4 Å². The van der Waals surface area contributed by atoms with E-state index in [9.17, 15) is 19.2 Å². The first-order valence-electron chi connectivity index (χ1n) is 18.0. The molecule has 2 heterocycles. The van der Waals surface area contributed by atoms with Gasteiger partial charge in [-0.2, -0.15) is 0 Å². The summed E-state index contributed by atoms with van der Waals surface area (Å²) in [6, 6.07) is 36.3. The van der Waals surface area contributed by atoms with Gasteiger partial charge in [-0.3, -0.25) is 0 Å². The van der Waals surface area contributed by atoms with Gasteiger partial charge in [0, 0.05) is 37.6 Å². The van der Waals surface area contributed by atoms with Crippen molar-refractivity contribution in [1.29, 1.82) is 0 Å². The molecule has 0 aliphatic carbocycles. The Hall–Kier alpha value is -6.52. The number of carbonyl (C=O) groups is 4. The van der Waals surface area contributed by atoms with Crippen LogP contribution in [-0.2, 0) is 65.4 Å². The Bertz CT molecular complexity index is 2340. The van der Waals surface area contributed by atoms with Crippen LogP contribution in [0.25, 0.3) is 10.9 Å². The van der Waals surface area contributed by atoms with Crippen molar-refractivity contribution in [1.82, 2.24) is 9.47 Å². The lowest BCUT2D eigenvalue weighted by molar-refractivity contribution is 0.0392.